The lowest BCUT2D eigenvalue weighted by atomic mass is 10.1. The maximum Gasteiger partial charge on any atom is 0.387 e. The molecular weight excluding hydrogens is 414 g/mol. The molecule has 0 heterocycles. The van der Waals surface area contributed by atoms with Gasteiger partial charge >= 0.3 is 6.61 Å². The van der Waals surface area contributed by atoms with Crippen LogP contribution in [-0.4, -0.2) is 18.4 Å². The van der Waals surface area contributed by atoms with E-state index in [1.807, 2.05) is 38.1 Å². The van der Waals surface area contributed by atoms with Crippen molar-refractivity contribution >= 4 is 29.3 Å². The molecule has 0 aliphatic carbocycles. The summed E-state index contributed by atoms with van der Waals surface area (Å²) in [7, 11) is 0. The fraction of sp³-hybridized carbons (Fsp3) is 0.120. The Morgan fingerprint density at radius 2 is 1.25 bits per heavy atom. The molecule has 0 saturated carbocycles. The summed E-state index contributed by atoms with van der Waals surface area (Å²) in [5.41, 5.74) is 2.58. The van der Waals surface area contributed by atoms with E-state index in [1.54, 1.807) is 30.3 Å². The molecule has 5 nitrogen and oxygen atoms in total. The van der Waals surface area contributed by atoms with Gasteiger partial charge < -0.3 is 15.4 Å². The zero-order chi connectivity index (χ0) is 23.1. The molecule has 3 aromatic rings. The SMILES string of the molecule is Cc1ccccc1NC(=O)C(=Cc1ccccc1OC(F)F)C(=O)Nc1ccccc1C. The lowest BCUT2D eigenvalue weighted by Crippen LogP contribution is -2.26. The summed E-state index contributed by atoms with van der Waals surface area (Å²) in [5, 5.41) is 5.43. The number of rotatable bonds is 7. The van der Waals surface area contributed by atoms with E-state index in [-0.39, 0.29) is 16.9 Å². The van der Waals surface area contributed by atoms with E-state index in [0.29, 0.717) is 11.4 Å². The molecule has 0 aliphatic rings. The summed E-state index contributed by atoms with van der Waals surface area (Å²) >= 11 is 0. The van der Waals surface area contributed by atoms with Gasteiger partial charge in [-0.05, 0) is 49.2 Å². The van der Waals surface area contributed by atoms with Crippen LogP contribution in [0.15, 0.2) is 78.4 Å². The normalized spacial score (nSPS) is 10.4. The van der Waals surface area contributed by atoms with Gasteiger partial charge in [0, 0.05) is 16.9 Å². The van der Waals surface area contributed by atoms with E-state index in [4.69, 9.17) is 0 Å². The van der Waals surface area contributed by atoms with Gasteiger partial charge in [-0.3, -0.25) is 9.59 Å². The number of amides is 2. The van der Waals surface area contributed by atoms with Crippen molar-refractivity contribution in [3.63, 3.8) is 0 Å². The van der Waals surface area contributed by atoms with Crippen LogP contribution >= 0.6 is 0 Å². The van der Waals surface area contributed by atoms with Crippen LogP contribution in [-0.2, 0) is 9.59 Å². The lowest BCUT2D eigenvalue weighted by molar-refractivity contribution is -0.118. The third-order valence-electron chi connectivity index (χ3n) is 4.71. The first-order valence-electron chi connectivity index (χ1n) is 9.84. The molecular formula is C25H22F2N2O3. The molecule has 0 atom stereocenters. The summed E-state index contributed by atoms with van der Waals surface area (Å²) < 4.78 is 30.2. The van der Waals surface area contributed by atoms with Gasteiger partial charge in [0.25, 0.3) is 11.8 Å². The van der Waals surface area contributed by atoms with Crippen LogP contribution in [0.4, 0.5) is 20.2 Å². The van der Waals surface area contributed by atoms with E-state index in [0.717, 1.165) is 11.1 Å². The van der Waals surface area contributed by atoms with Gasteiger partial charge in [0.05, 0.1) is 0 Å². The van der Waals surface area contributed by atoms with Crippen LogP contribution in [0.3, 0.4) is 0 Å². The second-order valence-corrected chi connectivity index (χ2v) is 7.01. The largest absolute Gasteiger partial charge is 0.434 e. The molecule has 0 unspecified atom stereocenters. The Balaban J connectivity index is 2.00. The molecule has 3 aromatic carbocycles. The summed E-state index contributed by atoms with van der Waals surface area (Å²) in [6.45, 7) is 0.589. The smallest absolute Gasteiger partial charge is 0.387 e. The summed E-state index contributed by atoms with van der Waals surface area (Å²) in [6, 6.07) is 20.2. The Labute approximate surface area is 184 Å². The van der Waals surface area contributed by atoms with Crippen molar-refractivity contribution < 1.29 is 23.1 Å². The first-order valence-corrected chi connectivity index (χ1v) is 9.84. The highest BCUT2D eigenvalue weighted by molar-refractivity contribution is 6.29. The van der Waals surface area contributed by atoms with Gasteiger partial charge in [0.1, 0.15) is 11.3 Å². The number of hydrogen-bond acceptors (Lipinski definition) is 3. The van der Waals surface area contributed by atoms with Crippen molar-refractivity contribution in [3.8, 4) is 5.75 Å². The highest BCUT2D eigenvalue weighted by Gasteiger charge is 2.21. The maximum atomic E-state index is 13.1. The molecule has 0 fully saturated rings. The van der Waals surface area contributed by atoms with E-state index < -0.39 is 18.4 Å². The summed E-state index contributed by atoms with van der Waals surface area (Å²) in [5.74, 6) is -1.51. The molecule has 164 valence electrons. The van der Waals surface area contributed by atoms with Crippen LogP contribution < -0.4 is 15.4 Å². The molecule has 0 aliphatic heterocycles. The first kappa shape index (κ1) is 22.7. The lowest BCUT2D eigenvalue weighted by Gasteiger charge is -2.14. The van der Waals surface area contributed by atoms with Crippen molar-refractivity contribution in [1.82, 2.24) is 0 Å². The highest BCUT2D eigenvalue weighted by atomic mass is 19.3. The van der Waals surface area contributed by atoms with Crippen LogP contribution in [0, 0.1) is 13.8 Å². The van der Waals surface area contributed by atoms with Gasteiger partial charge in [0.15, 0.2) is 0 Å². The predicted octanol–water partition coefficient (Wildman–Crippen LogP) is 5.57. The van der Waals surface area contributed by atoms with E-state index in [9.17, 15) is 18.4 Å². The summed E-state index contributed by atoms with van der Waals surface area (Å²) in [4.78, 5) is 26.2. The van der Waals surface area contributed by atoms with Crippen molar-refractivity contribution in [2.75, 3.05) is 10.6 Å². The average molecular weight is 436 g/mol. The molecule has 2 amide bonds. The maximum absolute atomic E-state index is 13.1. The Bertz CT molecular complexity index is 1100. The van der Waals surface area contributed by atoms with Crippen molar-refractivity contribution in [2.45, 2.75) is 20.5 Å². The first-order chi connectivity index (χ1) is 15.3. The van der Waals surface area contributed by atoms with Crippen LogP contribution in [0.5, 0.6) is 5.75 Å². The predicted molar refractivity (Wildman–Crippen MR) is 121 cm³/mol. The van der Waals surface area contributed by atoms with Gasteiger partial charge in [0.2, 0.25) is 0 Å². The van der Waals surface area contributed by atoms with Crippen LogP contribution in [0.25, 0.3) is 6.08 Å². The number of anilines is 2. The Morgan fingerprint density at radius 1 is 0.781 bits per heavy atom. The van der Waals surface area contributed by atoms with Gasteiger partial charge in [-0.25, -0.2) is 0 Å². The fourth-order valence-electron chi connectivity index (χ4n) is 3.00. The minimum atomic E-state index is -3.05. The van der Waals surface area contributed by atoms with Gasteiger partial charge in [-0.1, -0.05) is 54.6 Å². The molecule has 2 N–H and O–H groups in total. The number of carbonyl (C=O) groups excluding carboxylic acids is 2. The number of nitrogens with one attached hydrogen (secondary N) is 2. The van der Waals surface area contributed by atoms with Crippen molar-refractivity contribution in [2.24, 2.45) is 0 Å². The Hall–Kier alpha value is -4.00. The molecule has 0 saturated heterocycles. The third-order valence-corrected chi connectivity index (χ3v) is 4.71. The van der Waals surface area contributed by atoms with E-state index in [1.165, 1.54) is 24.3 Å². The molecule has 0 aromatic heterocycles. The average Bonchev–Trinajstić information content (AvgIpc) is 2.75. The van der Waals surface area contributed by atoms with E-state index in [2.05, 4.69) is 15.4 Å². The quantitative estimate of drug-likeness (QED) is 0.289. The third kappa shape index (κ3) is 5.78. The van der Waals surface area contributed by atoms with Crippen molar-refractivity contribution in [3.05, 3.63) is 95.1 Å². The second kappa shape index (κ2) is 10.3. The molecule has 32 heavy (non-hydrogen) atoms. The molecule has 3 rings (SSSR count). The highest BCUT2D eigenvalue weighted by Crippen LogP contribution is 2.25. The number of aryl methyl sites for hydroxylation is 2. The molecule has 7 heteroatoms. The number of alkyl halides is 2. The van der Waals surface area contributed by atoms with Gasteiger partial charge in [-0.2, -0.15) is 8.78 Å². The minimum Gasteiger partial charge on any atom is -0.434 e. The van der Waals surface area contributed by atoms with Gasteiger partial charge in [-0.15, -0.1) is 0 Å². The number of benzene rings is 3. The Kier molecular flexibility index (Phi) is 7.33. The van der Waals surface area contributed by atoms with Crippen molar-refractivity contribution in [1.29, 1.82) is 0 Å². The van der Waals surface area contributed by atoms with E-state index >= 15 is 0 Å². The topological polar surface area (TPSA) is 67.4 Å². The van der Waals surface area contributed by atoms with Crippen LogP contribution in [0.1, 0.15) is 16.7 Å². The fourth-order valence-corrected chi connectivity index (χ4v) is 3.00. The monoisotopic (exact) mass is 436 g/mol. The number of hydrogen-bond donors (Lipinski definition) is 2. The van der Waals surface area contributed by atoms with Crippen LogP contribution in [0.2, 0.25) is 0 Å². The molecule has 0 bridgehead atoms. The zero-order valence-electron chi connectivity index (χ0n) is 17.6. The summed E-state index contributed by atoms with van der Waals surface area (Å²) in [6.07, 6.45) is 1.24. The number of carbonyl (C=O) groups is 2. The molecule has 0 spiro atoms. The number of para-hydroxylation sites is 3. The Morgan fingerprint density at radius 3 is 1.75 bits per heavy atom. The molecule has 0 radical (unpaired) electrons. The number of ether oxygens (including phenoxy) is 1. The standard InChI is InChI=1S/C25H22F2N2O3/c1-16-9-3-6-12-20(16)28-23(30)19(24(31)29-21-13-7-4-10-17(21)2)15-18-11-5-8-14-22(18)32-25(26)27/h3-15,25H,1-2H3,(H,28,30)(H,29,31). The minimum absolute atomic E-state index is 0.146. The number of halogens is 2. The zero-order valence-corrected chi connectivity index (χ0v) is 17.6. The second-order valence-electron chi connectivity index (χ2n) is 7.01.